The first-order valence-electron chi connectivity index (χ1n) is 9.97. The molecule has 3 rings (SSSR count). The molecule has 3 heterocycles. The lowest BCUT2D eigenvalue weighted by atomic mass is 10.1. The molecular weight excluding hydrogens is 501 g/mol. The van der Waals surface area contributed by atoms with Crippen molar-refractivity contribution in [2.75, 3.05) is 19.6 Å². The van der Waals surface area contributed by atoms with Crippen molar-refractivity contribution in [1.29, 1.82) is 0 Å². The van der Waals surface area contributed by atoms with Crippen LogP contribution in [0.3, 0.4) is 0 Å². The minimum Gasteiger partial charge on any atom is -0.361 e. The van der Waals surface area contributed by atoms with Crippen molar-refractivity contribution in [2.24, 2.45) is 4.99 Å². The molecular formula is C20H30IN5O2S. The third kappa shape index (κ3) is 5.94. The number of hydrogen-bond donors (Lipinski definition) is 2. The Morgan fingerprint density at radius 3 is 2.86 bits per heavy atom. The van der Waals surface area contributed by atoms with Crippen LogP contribution in [0.4, 0.5) is 0 Å². The smallest absolute Gasteiger partial charge is 0.242 e. The highest BCUT2D eigenvalue weighted by molar-refractivity contribution is 14.0. The fraction of sp³-hybridized carbons (Fsp3) is 0.550. The third-order valence-electron chi connectivity index (χ3n) is 4.91. The lowest BCUT2D eigenvalue weighted by Crippen LogP contribution is -2.45. The lowest BCUT2D eigenvalue weighted by molar-refractivity contribution is -0.130. The predicted molar refractivity (Wildman–Crippen MR) is 127 cm³/mol. The fourth-order valence-corrected chi connectivity index (χ4v) is 4.24. The van der Waals surface area contributed by atoms with Crippen LogP contribution in [-0.4, -0.2) is 41.6 Å². The Morgan fingerprint density at radius 1 is 1.31 bits per heavy atom. The fourth-order valence-electron chi connectivity index (χ4n) is 3.35. The molecule has 0 fully saturated rings. The molecule has 2 aromatic rings. The van der Waals surface area contributed by atoms with E-state index in [0.717, 1.165) is 49.4 Å². The van der Waals surface area contributed by atoms with Gasteiger partial charge in [-0.2, -0.15) is 0 Å². The molecule has 2 N–H and O–H groups in total. The molecule has 0 aliphatic carbocycles. The zero-order valence-electron chi connectivity index (χ0n) is 17.3. The SMILES string of the molecule is CCNC(=NCc1c(CC)noc1CC)NCC(=O)N1CCc2sccc2C1.I. The van der Waals surface area contributed by atoms with E-state index in [-0.39, 0.29) is 36.4 Å². The Hall–Kier alpha value is -1.62. The predicted octanol–water partition coefficient (Wildman–Crippen LogP) is 3.12. The molecule has 1 aliphatic rings. The molecule has 1 aliphatic heterocycles. The Bertz CT molecular complexity index is 811. The number of carbonyl (C=O) groups excluding carboxylic acids is 1. The van der Waals surface area contributed by atoms with Crippen LogP contribution in [0.2, 0.25) is 0 Å². The summed E-state index contributed by atoms with van der Waals surface area (Å²) in [4.78, 5) is 20.6. The van der Waals surface area contributed by atoms with E-state index >= 15 is 0 Å². The summed E-state index contributed by atoms with van der Waals surface area (Å²) in [6.45, 7) is 9.05. The molecule has 0 radical (unpaired) electrons. The maximum atomic E-state index is 12.6. The number of aromatic nitrogens is 1. The third-order valence-corrected chi connectivity index (χ3v) is 5.94. The number of amides is 1. The highest BCUT2D eigenvalue weighted by Gasteiger charge is 2.21. The number of rotatable bonds is 7. The number of thiophene rings is 1. The minimum atomic E-state index is 0. The van der Waals surface area contributed by atoms with Crippen LogP contribution >= 0.6 is 35.3 Å². The standard InChI is InChI=1S/C20H29N5O2S.HI/c1-4-16-15(17(5-2)27-24-16)11-22-20(21-6-3)23-12-19(26)25-9-7-18-14(13-25)8-10-28-18;/h8,10H,4-7,9,11-13H2,1-3H3,(H2,21,22,23);1H. The van der Waals surface area contributed by atoms with Crippen molar-refractivity contribution >= 4 is 47.2 Å². The summed E-state index contributed by atoms with van der Waals surface area (Å²) in [5, 5.41) is 12.6. The molecule has 160 valence electrons. The van der Waals surface area contributed by atoms with Gasteiger partial charge < -0.3 is 20.1 Å². The van der Waals surface area contributed by atoms with Gasteiger partial charge in [0.15, 0.2) is 5.96 Å². The van der Waals surface area contributed by atoms with Gasteiger partial charge in [0.25, 0.3) is 0 Å². The van der Waals surface area contributed by atoms with Crippen molar-refractivity contribution in [3.8, 4) is 0 Å². The molecule has 0 saturated heterocycles. The van der Waals surface area contributed by atoms with Crippen molar-refractivity contribution in [3.63, 3.8) is 0 Å². The molecule has 1 amide bonds. The van der Waals surface area contributed by atoms with Crippen LogP contribution in [0.5, 0.6) is 0 Å². The normalized spacial score (nSPS) is 13.6. The number of nitrogens with zero attached hydrogens (tertiary/aromatic N) is 3. The maximum Gasteiger partial charge on any atom is 0.242 e. The average molecular weight is 531 g/mol. The molecule has 0 bridgehead atoms. The molecule has 2 aromatic heterocycles. The Labute approximate surface area is 193 Å². The van der Waals surface area contributed by atoms with Crippen molar-refractivity contribution < 1.29 is 9.32 Å². The maximum absolute atomic E-state index is 12.6. The van der Waals surface area contributed by atoms with E-state index in [1.807, 2.05) is 18.7 Å². The van der Waals surface area contributed by atoms with Gasteiger partial charge in [-0.15, -0.1) is 35.3 Å². The van der Waals surface area contributed by atoms with E-state index in [2.05, 4.69) is 39.2 Å². The van der Waals surface area contributed by atoms with Gasteiger partial charge in [0.1, 0.15) is 5.76 Å². The number of hydrogen-bond acceptors (Lipinski definition) is 5. The van der Waals surface area contributed by atoms with Gasteiger partial charge >= 0.3 is 0 Å². The van der Waals surface area contributed by atoms with Crippen molar-refractivity contribution in [1.82, 2.24) is 20.7 Å². The number of carbonyl (C=O) groups is 1. The summed E-state index contributed by atoms with van der Waals surface area (Å²) in [7, 11) is 0. The zero-order chi connectivity index (χ0) is 19.9. The van der Waals surface area contributed by atoms with Crippen LogP contribution in [0.25, 0.3) is 0 Å². The highest BCUT2D eigenvalue weighted by atomic mass is 127. The Kier molecular flexibility index (Phi) is 9.41. The van der Waals surface area contributed by atoms with Gasteiger partial charge in [-0.05, 0) is 36.8 Å². The number of aliphatic imine (C=N–C) groups is 1. The summed E-state index contributed by atoms with van der Waals surface area (Å²) in [6.07, 6.45) is 2.55. The van der Waals surface area contributed by atoms with E-state index in [1.54, 1.807) is 11.3 Å². The molecule has 0 aromatic carbocycles. The molecule has 9 heteroatoms. The Balaban J connectivity index is 0.00000300. The first kappa shape index (κ1) is 23.7. The van der Waals surface area contributed by atoms with Gasteiger partial charge in [0, 0.05) is 36.5 Å². The molecule has 0 saturated carbocycles. The second-order valence-electron chi connectivity index (χ2n) is 6.72. The van der Waals surface area contributed by atoms with E-state index in [9.17, 15) is 4.79 Å². The average Bonchev–Trinajstić information content (AvgIpc) is 3.35. The number of nitrogens with one attached hydrogen (secondary N) is 2. The van der Waals surface area contributed by atoms with E-state index < -0.39 is 0 Å². The molecule has 29 heavy (non-hydrogen) atoms. The van der Waals surface area contributed by atoms with Gasteiger partial charge in [-0.1, -0.05) is 19.0 Å². The first-order chi connectivity index (χ1) is 13.7. The minimum absolute atomic E-state index is 0. The van der Waals surface area contributed by atoms with Crippen LogP contribution in [-0.2, 0) is 37.1 Å². The van der Waals surface area contributed by atoms with Crippen molar-refractivity contribution in [2.45, 2.75) is 53.1 Å². The van der Waals surface area contributed by atoms with Gasteiger partial charge in [0.05, 0.1) is 18.8 Å². The lowest BCUT2D eigenvalue weighted by Gasteiger charge is -2.27. The van der Waals surface area contributed by atoms with Crippen LogP contribution in [0, 0.1) is 0 Å². The molecule has 7 nitrogen and oxygen atoms in total. The Morgan fingerprint density at radius 2 is 2.14 bits per heavy atom. The highest BCUT2D eigenvalue weighted by Crippen LogP contribution is 2.23. The number of aryl methyl sites for hydroxylation is 2. The van der Waals surface area contributed by atoms with Gasteiger partial charge in [-0.25, -0.2) is 4.99 Å². The largest absolute Gasteiger partial charge is 0.361 e. The van der Waals surface area contributed by atoms with E-state index in [0.29, 0.717) is 19.0 Å². The molecule has 0 spiro atoms. The van der Waals surface area contributed by atoms with Crippen LogP contribution in [0.15, 0.2) is 21.0 Å². The van der Waals surface area contributed by atoms with E-state index in [1.165, 1.54) is 10.4 Å². The summed E-state index contributed by atoms with van der Waals surface area (Å²) in [6, 6.07) is 2.12. The second-order valence-corrected chi connectivity index (χ2v) is 7.72. The number of halogens is 1. The second kappa shape index (κ2) is 11.5. The summed E-state index contributed by atoms with van der Waals surface area (Å²) >= 11 is 1.78. The first-order valence-corrected chi connectivity index (χ1v) is 10.9. The van der Waals surface area contributed by atoms with Crippen LogP contribution < -0.4 is 10.6 Å². The van der Waals surface area contributed by atoms with Gasteiger partial charge in [-0.3, -0.25) is 4.79 Å². The van der Waals surface area contributed by atoms with Crippen molar-refractivity contribution in [3.05, 3.63) is 38.9 Å². The quantitative estimate of drug-likeness (QED) is 0.326. The topological polar surface area (TPSA) is 82.8 Å². The monoisotopic (exact) mass is 531 g/mol. The summed E-state index contributed by atoms with van der Waals surface area (Å²) in [5.74, 6) is 1.61. The zero-order valence-corrected chi connectivity index (χ0v) is 20.4. The molecule has 0 unspecified atom stereocenters. The summed E-state index contributed by atoms with van der Waals surface area (Å²) < 4.78 is 5.41. The molecule has 0 atom stereocenters. The van der Waals surface area contributed by atoms with Gasteiger partial charge in [0.2, 0.25) is 5.91 Å². The van der Waals surface area contributed by atoms with Crippen LogP contribution in [0.1, 0.15) is 48.2 Å². The number of guanidine groups is 1. The summed E-state index contributed by atoms with van der Waals surface area (Å²) in [5.41, 5.74) is 3.28. The van der Waals surface area contributed by atoms with E-state index in [4.69, 9.17) is 4.52 Å². The number of fused-ring (bicyclic) bond motifs is 1.